The molecule has 0 aliphatic carbocycles. The van der Waals surface area contributed by atoms with Crippen LogP contribution in [0.15, 0.2) is 10.1 Å². The Bertz CT molecular complexity index is 328. The molecule has 8 nitrogen and oxygen atoms in total. The number of aliphatic hydroxyl groups excluding tert-OH is 1. The summed E-state index contributed by atoms with van der Waals surface area (Å²) >= 11 is 0. The van der Waals surface area contributed by atoms with E-state index in [1.54, 1.807) is 0 Å². The van der Waals surface area contributed by atoms with Gasteiger partial charge in [0.15, 0.2) is 0 Å². The second-order valence-corrected chi connectivity index (χ2v) is 3.48. The number of ether oxygens (including phenoxy) is 1. The Morgan fingerprint density at radius 3 is 3.12 bits per heavy atom. The Morgan fingerprint density at radius 2 is 2.56 bits per heavy atom. The standard InChI is InChI=1S/C8H13N5O3/c1-10-7(15)12-6-2-3-8(5-14,16-6)4-11-13-9/h6,14H,1-5H2,(H,12,15)/t6-,8-/m1/s1. The molecule has 1 saturated heterocycles. The van der Waals surface area contributed by atoms with Crippen LogP contribution in [0, 0.1) is 0 Å². The van der Waals surface area contributed by atoms with Gasteiger partial charge in [-0.05, 0) is 25.1 Å². The van der Waals surface area contributed by atoms with Gasteiger partial charge in [-0.25, -0.2) is 9.79 Å². The lowest BCUT2D eigenvalue weighted by Crippen LogP contribution is -2.41. The fourth-order valence-electron chi connectivity index (χ4n) is 1.54. The summed E-state index contributed by atoms with van der Waals surface area (Å²) in [5, 5.41) is 15.0. The summed E-state index contributed by atoms with van der Waals surface area (Å²) in [5.41, 5.74) is 7.32. The number of nitrogens with zero attached hydrogens (tertiary/aromatic N) is 4. The number of carbonyl (C=O) groups is 1. The van der Waals surface area contributed by atoms with E-state index in [0.717, 1.165) is 0 Å². The fourth-order valence-corrected chi connectivity index (χ4v) is 1.54. The van der Waals surface area contributed by atoms with Crippen molar-refractivity contribution in [3.63, 3.8) is 0 Å². The first-order valence-electron chi connectivity index (χ1n) is 4.72. The highest BCUT2D eigenvalue weighted by atomic mass is 16.5. The average Bonchev–Trinajstić information content (AvgIpc) is 2.70. The molecule has 1 fully saturated rings. The summed E-state index contributed by atoms with van der Waals surface area (Å²) in [6.45, 7) is 2.85. The Balaban J connectivity index is 2.56. The number of nitrogens with one attached hydrogen (secondary N) is 1. The molecule has 2 N–H and O–H groups in total. The summed E-state index contributed by atoms with van der Waals surface area (Å²) in [6.07, 6.45) is 0.506. The van der Waals surface area contributed by atoms with Gasteiger partial charge < -0.3 is 15.2 Å². The third-order valence-corrected chi connectivity index (χ3v) is 2.39. The van der Waals surface area contributed by atoms with Gasteiger partial charge in [0.2, 0.25) is 0 Å². The van der Waals surface area contributed by atoms with Crippen LogP contribution in [0.2, 0.25) is 0 Å². The average molecular weight is 227 g/mol. The predicted octanol–water partition coefficient (Wildman–Crippen LogP) is 0.574. The van der Waals surface area contributed by atoms with Crippen molar-refractivity contribution in [2.45, 2.75) is 24.7 Å². The number of aliphatic hydroxyl groups is 1. The smallest absolute Gasteiger partial charge is 0.342 e. The number of hydrogen-bond donors (Lipinski definition) is 2. The highest BCUT2D eigenvalue weighted by Crippen LogP contribution is 2.29. The van der Waals surface area contributed by atoms with E-state index >= 15 is 0 Å². The van der Waals surface area contributed by atoms with Gasteiger partial charge in [-0.2, -0.15) is 0 Å². The largest absolute Gasteiger partial charge is 0.393 e. The number of azide groups is 1. The first-order chi connectivity index (χ1) is 7.65. The van der Waals surface area contributed by atoms with Crippen LogP contribution in [0.4, 0.5) is 4.79 Å². The zero-order valence-electron chi connectivity index (χ0n) is 8.67. The summed E-state index contributed by atoms with van der Waals surface area (Å²) in [6, 6.07) is -0.581. The molecule has 1 rings (SSSR count). The van der Waals surface area contributed by atoms with Gasteiger partial charge in [0.25, 0.3) is 0 Å². The van der Waals surface area contributed by atoms with Crippen LogP contribution in [-0.4, -0.2) is 42.8 Å². The molecule has 0 aromatic carbocycles. The van der Waals surface area contributed by atoms with Crippen molar-refractivity contribution in [3.8, 4) is 0 Å². The molecule has 2 atom stereocenters. The fraction of sp³-hybridized carbons (Fsp3) is 0.750. The third-order valence-electron chi connectivity index (χ3n) is 2.39. The van der Waals surface area contributed by atoms with Crippen molar-refractivity contribution in [2.75, 3.05) is 13.2 Å². The number of rotatable bonds is 4. The summed E-state index contributed by atoms with van der Waals surface area (Å²) < 4.78 is 5.44. The third kappa shape index (κ3) is 2.93. The normalized spacial score (nSPS) is 28.2. The Labute approximate surface area is 91.9 Å². The van der Waals surface area contributed by atoms with E-state index in [1.807, 2.05) is 0 Å². The molecule has 1 aliphatic rings. The van der Waals surface area contributed by atoms with Crippen LogP contribution in [0.5, 0.6) is 0 Å². The quantitative estimate of drug-likeness (QED) is 0.316. The molecule has 8 heteroatoms. The molecular formula is C8H13N5O3. The molecule has 0 saturated carbocycles. The van der Waals surface area contributed by atoms with Crippen LogP contribution in [-0.2, 0) is 4.74 Å². The number of hydrogen-bond acceptors (Lipinski definition) is 4. The number of carbonyl (C=O) groups excluding carboxylic acids is 1. The second kappa shape index (κ2) is 5.45. The lowest BCUT2D eigenvalue weighted by Gasteiger charge is -2.25. The van der Waals surface area contributed by atoms with Crippen LogP contribution >= 0.6 is 0 Å². The molecule has 0 radical (unpaired) electrons. The second-order valence-electron chi connectivity index (χ2n) is 3.48. The maximum Gasteiger partial charge on any atom is 0.342 e. The van der Waals surface area contributed by atoms with E-state index in [9.17, 15) is 9.90 Å². The Hall–Kier alpha value is -1.63. The first kappa shape index (κ1) is 12.4. The molecule has 16 heavy (non-hydrogen) atoms. The summed E-state index contributed by atoms with van der Waals surface area (Å²) in [4.78, 5) is 16.7. The molecule has 1 heterocycles. The topological polar surface area (TPSA) is 120 Å². The van der Waals surface area contributed by atoms with Gasteiger partial charge in [-0.1, -0.05) is 5.11 Å². The lowest BCUT2D eigenvalue weighted by molar-refractivity contribution is -0.0721. The van der Waals surface area contributed by atoms with Crippen molar-refractivity contribution in [3.05, 3.63) is 10.4 Å². The monoisotopic (exact) mass is 227 g/mol. The molecule has 0 aromatic rings. The van der Waals surface area contributed by atoms with Gasteiger partial charge in [0.1, 0.15) is 6.23 Å². The minimum absolute atomic E-state index is 0.0356. The maximum atomic E-state index is 10.9. The lowest BCUT2D eigenvalue weighted by atomic mass is 10.0. The van der Waals surface area contributed by atoms with Crippen molar-refractivity contribution in [1.82, 2.24) is 5.32 Å². The number of amides is 2. The van der Waals surface area contributed by atoms with Crippen molar-refractivity contribution >= 4 is 12.7 Å². The van der Waals surface area contributed by atoms with E-state index in [2.05, 4.69) is 27.1 Å². The Morgan fingerprint density at radius 1 is 1.81 bits per heavy atom. The Kier molecular flexibility index (Phi) is 4.24. The van der Waals surface area contributed by atoms with E-state index in [0.29, 0.717) is 12.8 Å². The highest BCUT2D eigenvalue weighted by molar-refractivity contribution is 5.78. The molecule has 0 aromatic heterocycles. The van der Waals surface area contributed by atoms with Crippen molar-refractivity contribution in [1.29, 1.82) is 0 Å². The molecule has 88 valence electrons. The van der Waals surface area contributed by atoms with E-state index in [4.69, 9.17) is 10.3 Å². The molecule has 0 bridgehead atoms. The molecule has 2 amide bonds. The minimum atomic E-state index is -0.897. The predicted molar refractivity (Wildman–Crippen MR) is 56.0 cm³/mol. The molecule has 0 spiro atoms. The zero-order valence-corrected chi connectivity index (χ0v) is 8.67. The van der Waals surface area contributed by atoms with Crippen molar-refractivity contribution in [2.24, 2.45) is 10.1 Å². The summed E-state index contributed by atoms with van der Waals surface area (Å²) in [5.74, 6) is 0. The summed E-state index contributed by atoms with van der Waals surface area (Å²) in [7, 11) is 0. The number of urea groups is 1. The van der Waals surface area contributed by atoms with E-state index < -0.39 is 17.9 Å². The van der Waals surface area contributed by atoms with Crippen LogP contribution in [0.25, 0.3) is 10.4 Å². The van der Waals surface area contributed by atoms with Gasteiger partial charge >= 0.3 is 6.03 Å². The van der Waals surface area contributed by atoms with E-state index in [1.165, 1.54) is 0 Å². The van der Waals surface area contributed by atoms with Gasteiger partial charge in [0.05, 0.1) is 18.8 Å². The van der Waals surface area contributed by atoms with Gasteiger partial charge in [-0.3, -0.25) is 0 Å². The zero-order chi connectivity index (χ0) is 12.0. The number of aliphatic imine (C=N–C) groups is 1. The molecule has 1 aliphatic heterocycles. The van der Waals surface area contributed by atoms with Crippen molar-refractivity contribution < 1.29 is 14.6 Å². The van der Waals surface area contributed by atoms with Gasteiger partial charge in [-0.15, -0.1) is 0 Å². The molecule has 0 unspecified atom stereocenters. The maximum absolute atomic E-state index is 10.9. The SMILES string of the molecule is C=NC(=O)N[C@H]1CC[C@](CO)(CN=[N+]=[N-])O1. The van der Waals surface area contributed by atoms with Crippen LogP contribution < -0.4 is 5.32 Å². The van der Waals surface area contributed by atoms with Crippen LogP contribution in [0.3, 0.4) is 0 Å². The van der Waals surface area contributed by atoms with Gasteiger partial charge in [0, 0.05) is 4.91 Å². The van der Waals surface area contributed by atoms with E-state index in [-0.39, 0.29) is 13.2 Å². The van der Waals surface area contributed by atoms with Crippen LogP contribution in [0.1, 0.15) is 12.8 Å². The molecular weight excluding hydrogens is 214 g/mol. The highest BCUT2D eigenvalue weighted by Gasteiger charge is 2.39. The minimum Gasteiger partial charge on any atom is -0.393 e. The first-order valence-corrected chi connectivity index (χ1v) is 4.72.